The summed E-state index contributed by atoms with van der Waals surface area (Å²) in [5, 5.41) is 0. The van der Waals surface area contributed by atoms with Gasteiger partial charge in [0, 0.05) is 11.3 Å². The Morgan fingerprint density at radius 1 is 1.11 bits per heavy atom. The SMILES string of the molecule is NC(=O)c1ccc2c(c1)nc(N)n2-c1ccccc1. The molecule has 3 aromatic rings. The number of carbonyl (C=O) groups is 1. The van der Waals surface area contributed by atoms with Crippen molar-refractivity contribution in [3.05, 3.63) is 54.1 Å². The molecule has 94 valence electrons. The Balaban J connectivity index is 2.27. The molecule has 0 aliphatic heterocycles. The van der Waals surface area contributed by atoms with Gasteiger partial charge in [-0.3, -0.25) is 9.36 Å². The van der Waals surface area contributed by atoms with Crippen molar-refractivity contribution < 1.29 is 4.79 Å². The number of amides is 1. The van der Waals surface area contributed by atoms with Crippen LogP contribution < -0.4 is 11.5 Å². The van der Waals surface area contributed by atoms with Crippen molar-refractivity contribution in [1.82, 2.24) is 9.55 Å². The predicted octanol–water partition coefficient (Wildman–Crippen LogP) is 1.71. The van der Waals surface area contributed by atoms with Crippen LogP contribution in [0.1, 0.15) is 10.4 Å². The number of fused-ring (bicyclic) bond motifs is 1. The highest BCUT2D eigenvalue weighted by molar-refractivity contribution is 5.96. The second-order valence-electron chi connectivity index (χ2n) is 4.21. The third-order valence-electron chi connectivity index (χ3n) is 2.98. The number of imidazole rings is 1. The number of aromatic nitrogens is 2. The van der Waals surface area contributed by atoms with E-state index in [9.17, 15) is 4.79 Å². The van der Waals surface area contributed by atoms with Crippen LogP contribution in [0.3, 0.4) is 0 Å². The number of nitrogens with zero attached hydrogens (tertiary/aromatic N) is 2. The third-order valence-corrected chi connectivity index (χ3v) is 2.98. The zero-order valence-corrected chi connectivity index (χ0v) is 10.1. The standard InChI is InChI=1S/C14H12N4O/c15-13(19)9-6-7-12-11(8-9)17-14(16)18(12)10-4-2-1-3-5-10/h1-8H,(H2,15,19)(H2,16,17). The number of primary amides is 1. The molecule has 0 radical (unpaired) electrons. The Hall–Kier alpha value is -2.82. The van der Waals surface area contributed by atoms with Gasteiger partial charge in [0.1, 0.15) is 0 Å². The molecule has 0 unspecified atom stereocenters. The fraction of sp³-hybridized carbons (Fsp3) is 0. The van der Waals surface area contributed by atoms with Gasteiger partial charge in [0.15, 0.2) is 0 Å². The van der Waals surface area contributed by atoms with E-state index in [0.717, 1.165) is 11.2 Å². The molecule has 1 aromatic heterocycles. The molecule has 0 fully saturated rings. The second-order valence-corrected chi connectivity index (χ2v) is 4.21. The first-order valence-electron chi connectivity index (χ1n) is 5.80. The summed E-state index contributed by atoms with van der Waals surface area (Å²) < 4.78 is 1.83. The average Bonchev–Trinajstić information content (AvgIpc) is 2.74. The molecule has 3 rings (SSSR count). The summed E-state index contributed by atoms with van der Waals surface area (Å²) in [6.45, 7) is 0. The quantitative estimate of drug-likeness (QED) is 0.727. The van der Waals surface area contributed by atoms with E-state index in [4.69, 9.17) is 11.5 Å². The minimum Gasteiger partial charge on any atom is -0.369 e. The Bertz CT molecular complexity index is 762. The van der Waals surface area contributed by atoms with Gasteiger partial charge in [-0.05, 0) is 30.3 Å². The number of hydrogen-bond acceptors (Lipinski definition) is 3. The van der Waals surface area contributed by atoms with Crippen molar-refractivity contribution in [3.8, 4) is 5.69 Å². The van der Waals surface area contributed by atoms with Gasteiger partial charge in [-0.25, -0.2) is 4.98 Å². The van der Waals surface area contributed by atoms with Crippen molar-refractivity contribution in [2.45, 2.75) is 0 Å². The lowest BCUT2D eigenvalue weighted by Crippen LogP contribution is -2.10. The van der Waals surface area contributed by atoms with Crippen LogP contribution >= 0.6 is 0 Å². The van der Waals surface area contributed by atoms with E-state index in [1.54, 1.807) is 18.2 Å². The maximum atomic E-state index is 11.2. The summed E-state index contributed by atoms with van der Waals surface area (Å²) in [6, 6.07) is 14.8. The van der Waals surface area contributed by atoms with Gasteiger partial charge in [0.05, 0.1) is 11.0 Å². The lowest BCUT2D eigenvalue weighted by Gasteiger charge is -2.05. The van der Waals surface area contributed by atoms with E-state index in [0.29, 0.717) is 17.0 Å². The number of anilines is 1. The number of rotatable bonds is 2. The van der Waals surface area contributed by atoms with E-state index in [1.807, 2.05) is 34.9 Å². The van der Waals surface area contributed by atoms with Crippen LogP contribution in [0.15, 0.2) is 48.5 Å². The number of para-hydroxylation sites is 1. The highest BCUT2D eigenvalue weighted by atomic mass is 16.1. The van der Waals surface area contributed by atoms with E-state index in [1.165, 1.54) is 0 Å². The van der Waals surface area contributed by atoms with Gasteiger partial charge in [-0.2, -0.15) is 0 Å². The highest BCUT2D eigenvalue weighted by Crippen LogP contribution is 2.23. The molecule has 2 aromatic carbocycles. The summed E-state index contributed by atoms with van der Waals surface area (Å²) in [6.07, 6.45) is 0. The molecule has 4 N–H and O–H groups in total. The largest absolute Gasteiger partial charge is 0.369 e. The van der Waals surface area contributed by atoms with Crippen LogP contribution in [0.2, 0.25) is 0 Å². The zero-order chi connectivity index (χ0) is 13.4. The van der Waals surface area contributed by atoms with Gasteiger partial charge >= 0.3 is 0 Å². The number of hydrogen-bond donors (Lipinski definition) is 2. The number of carbonyl (C=O) groups excluding carboxylic acids is 1. The van der Waals surface area contributed by atoms with Crippen LogP contribution in [-0.4, -0.2) is 15.5 Å². The summed E-state index contributed by atoms with van der Waals surface area (Å²) in [5.41, 5.74) is 14.0. The van der Waals surface area contributed by atoms with Crippen molar-refractivity contribution in [1.29, 1.82) is 0 Å². The minimum atomic E-state index is -0.477. The van der Waals surface area contributed by atoms with Gasteiger partial charge in [0.25, 0.3) is 0 Å². The molecule has 1 heterocycles. The third kappa shape index (κ3) is 1.81. The molecule has 0 spiro atoms. The summed E-state index contributed by atoms with van der Waals surface area (Å²) in [5.74, 6) is -0.0995. The molecule has 5 nitrogen and oxygen atoms in total. The number of benzene rings is 2. The summed E-state index contributed by atoms with van der Waals surface area (Å²) >= 11 is 0. The Kier molecular flexibility index (Phi) is 2.45. The van der Waals surface area contributed by atoms with Crippen molar-refractivity contribution in [3.63, 3.8) is 0 Å². The van der Waals surface area contributed by atoms with Crippen molar-refractivity contribution in [2.75, 3.05) is 5.73 Å². The second kappa shape index (κ2) is 4.13. The van der Waals surface area contributed by atoms with Crippen LogP contribution in [0.25, 0.3) is 16.7 Å². The van der Waals surface area contributed by atoms with Gasteiger partial charge in [0.2, 0.25) is 11.9 Å². The monoisotopic (exact) mass is 252 g/mol. The van der Waals surface area contributed by atoms with Gasteiger partial charge < -0.3 is 11.5 Å². The molecule has 0 aliphatic rings. The molecule has 0 atom stereocenters. The Morgan fingerprint density at radius 2 is 1.84 bits per heavy atom. The molecule has 5 heteroatoms. The molecular weight excluding hydrogens is 240 g/mol. The maximum absolute atomic E-state index is 11.2. The molecule has 0 aliphatic carbocycles. The van der Waals surface area contributed by atoms with Gasteiger partial charge in [-0.15, -0.1) is 0 Å². The molecule has 19 heavy (non-hydrogen) atoms. The molecule has 0 saturated carbocycles. The fourth-order valence-electron chi connectivity index (χ4n) is 2.10. The Morgan fingerprint density at radius 3 is 2.53 bits per heavy atom. The first-order valence-corrected chi connectivity index (χ1v) is 5.80. The Labute approximate surface area is 109 Å². The van der Waals surface area contributed by atoms with Crippen LogP contribution in [0.4, 0.5) is 5.95 Å². The molecule has 0 saturated heterocycles. The van der Waals surface area contributed by atoms with E-state index >= 15 is 0 Å². The van der Waals surface area contributed by atoms with E-state index in [2.05, 4.69) is 4.98 Å². The highest BCUT2D eigenvalue weighted by Gasteiger charge is 2.11. The van der Waals surface area contributed by atoms with E-state index in [-0.39, 0.29) is 0 Å². The van der Waals surface area contributed by atoms with E-state index < -0.39 is 5.91 Å². The predicted molar refractivity (Wildman–Crippen MR) is 74.0 cm³/mol. The maximum Gasteiger partial charge on any atom is 0.248 e. The lowest BCUT2D eigenvalue weighted by molar-refractivity contribution is 0.100. The van der Waals surface area contributed by atoms with Crippen LogP contribution in [0.5, 0.6) is 0 Å². The van der Waals surface area contributed by atoms with Gasteiger partial charge in [-0.1, -0.05) is 18.2 Å². The van der Waals surface area contributed by atoms with Crippen LogP contribution in [0, 0.1) is 0 Å². The normalized spacial score (nSPS) is 10.7. The first-order chi connectivity index (χ1) is 9.16. The van der Waals surface area contributed by atoms with Crippen LogP contribution in [-0.2, 0) is 0 Å². The minimum absolute atomic E-state index is 0.378. The number of nitrogen functional groups attached to an aromatic ring is 1. The first kappa shape index (κ1) is 11.3. The van der Waals surface area contributed by atoms with Crippen molar-refractivity contribution >= 4 is 22.9 Å². The lowest BCUT2D eigenvalue weighted by atomic mass is 10.2. The molecular formula is C14H12N4O. The smallest absolute Gasteiger partial charge is 0.248 e. The fourth-order valence-corrected chi connectivity index (χ4v) is 2.10. The molecule has 1 amide bonds. The summed E-state index contributed by atoms with van der Waals surface area (Å²) in [7, 11) is 0. The summed E-state index contributed by atoms with van der Waals surface area (Å²) in [4.78, 5) is 15.4. The topological polar surface area (TPSA) is 86.9 Å². The van der Waals surface area contributed by atoms with Crippen molar-refractivity contribution in [2.24, 2.45) is 5.73 Å². The number of nitrogens with two attached hydrogens (primary N) is 2. The zero-order valence-electron chi connectivity index (χ0n) is 10.1. The average molecular weight is 252 g/mol. The molecule has 0 bridgehead atoms.